The zero-order valence-electron chi connectivity index (χ0n) is 5.39. The summed E-state index contributed by atoms with van der Waals surface area (Å²) in [6, 6.07) is 0. The molecular weight excluding hydrogens is 197 g/mol. The van der Waals surface area contributed by atoms with Crippen LogP contribution in [-0.4, -0.2) is 0 Å². The Hall–Kier alpha value is -1.82. The third-order valence-corrected chi connectivity index (χ3v) is 0.200. The van der Waals surface area contributed by atoms with Gasteiger partial charge in [0.1, 0.15) is 0 Å². The summed E-state index contributed by atoms with van der Waals surface area (Å²) >= 11 is 0. The normalized spacial score (nSPS) is 3.27. The van der Waals surface area contributed by atoms with E-state index in [9.17, 15) is 0 Å². The summed E-state index contributed by atoms with van der Waals surface area (Å²) in [5.74, 6) is 0. The monoisotopic (exact) mass is 196 g/mol. The first kappa shape index (κ1) is 16.1. The van der Waals surface area contributed by atoms with Gasteiger partial charge < -0.3 is 21.0 Å². The number of nitrogens with zero attached hydrogens (tertiary/aromatic N) is 6. The van der Waals surface area contributed by atoms with Crippen LogP contribution < -0.4 is 0 Å². The molecule has 0 atom stereocenters. The Balaban J connectivity index is -0.000000107. The molecular formula is C4N6Zn. The quantitative estimate of drug-likeness (QED) is 0.417. The van der Waals surface area contributed by atoms with E-state index in [-0.39, 0.29) is 19.5 Å². The first-order valence-electron chi connectivity index (χ1n) is 1.79. The molecule has 0 fully saturated rings. The van der Waals surface area contributed by atoms with Crippen LogP contribution in [0.3, 0.4) is 0 Å². The summed E-state index contributed by atoms with van der Waals surface area (Å²) in [6.07, 6.45) is 5.12. The summed E-state index contributed by atoms with van der Waals surface area (Å²) in [7, 11) is 0. The van der Waals surface area contributed by atoms with Crippen molar-refractivity contribution in [1.82, 2.24) is 0 Å². The van der Waals surface area contributed by atoms with Gasteiger partial charge >= 0.3 is 19.5 Å². The van der Waals surface area contributed by atoms with Gasteiger partial charge in [-0.05, 0) is 0 Å². The molecule has 0 rings (SSSR count). The van der Waals surface area contributed by atoms with Crippen molar-refractivity contribution >= 4 is 0 Å². The largest absolute Gasteiger partial charge is 2.00 e. The Bertz CT molecular complexity index is 171. The number of nitriles is 4. The van der Waals surface area contributed by atoms with Crippen LogP contribution in [0.4, 0.5) is 0 Å². The van der Waals surface area contributed by atoms with Gasteiger partial charge in [-0.1, -0.05) is 0 Å². The molecule has 0 aromatic heterocycles. The van der Waals surface area contributed by atoms with E-state index < -0.39 is 0 Å². The number of hydrogen-bond donors (Lipinski definition) is 0. The average molecular weight is 197 g/mol. The molecule has 11 heavy (non-hydrogen) atoms. The van der Waals surface area contributed by atoms with Gasteiger partial charge in [-0.15, -0.1) is 0 Å². The fraction of sp³-hybridized carbons (Fsp3) is 0. The molecule has 7 heteroatoms. The first-order chi connectivity index (χ1) is 4.83. The van der Waals surface area contributed by atoms with Gasteiger partial charge in [0.2, 0.25) is 0 Å². The van der Waals surface area contributed by atoms with E-state index >= 15 is 0 Å². The first-order valence-corrected chi connectivity index (χ1v) is 1.79. The third-order valence-electron chi connectivity index (χ3n) is 0.200. The van der Waals surface area contributed by atoms with Crippen LogP contribution in [-0.2, 0) is 19.5 Å². The predicted octanol–water partition coefficient (Wildman–Crippen LogP) is 0.642. The second-order valence-corrected chi connectivity index (χ2v) is 0.624. The van der Waals surface area contributed by atoms with Crippen LogP contribution in [0.1, 0.15) is 0 Å². The van der Waals surface area contributed by atoms with E-state index in [1.807, 2.05) is 0 Å². The Morgan fingerprint density at radius 3 is 0.818 bits per heavy atom. The second kappa shape index (κ2) is 24.1. The van der Waals surface area contributed by atoms with E-state index in [1.54, 1.807) is 0 Å². The van der Waals surface area contributed by atoms with Crippen LogP contribution in [0.15, 0.2) is 0 Å². The number of rotatable bonds is 0. The van der Waals surface area contributed by atoms with Gasteiger partial charge in [-0.2, -0.15) is 0 Å². The molecule has 0 spiro atoms. The summed E-state index contributed by atoms with van der Waals surface area (Å²) in [4.78, 5) is 0. The van der Waals surface area contributed by atoms with Crippen molar-refractivity contribution in [2.45, 2.75) is 0 Å². The molecule has 0 saturated carbocycles. The Kier molecular flexibility index (Phi) is 35.3. The zero-order valence-corrected chi connectivity index (χ0v) is 8.36. The van der Waals surface area contributed by atoms with E-state index in [1.165, 1.54) is 24.8 Å². The molecule has 0 saturated heterocycles. The maximum atomic E-state index is 7.43. The van der Waals surface area contributed by atoms with Crippen molar-refractivity contribution in [3.63, 3.8) is 0 Å². The fourth-order valence-electron chi connectivity index (χ4n) is 0.0447. The molecule has 0 N–H and O–H groups in total. The predicted molar refractivity (Wildman–Crippen MR) is 29.2 cm³/mol. The summed E-state index contributed by atoms with van der Waals surface area (Å²) < 4.78 is 0. The second-order valence-electron chi connectivity index (χ2n) is 0.624. The molecule has 0 unspecified atom stereocenters. The molecule has 0 aliphatic carbocycles. The SMILES string of the molecule is N#C[N-]C#N.N#C[N-]C#N.[Zn+2]. The maximum absolute atomic E-state index is 7.43. The summed E-state index contributed by atoms with van der Waals surface area (Å²) in [5.41, 5.74) is 0. The van der Waals surface area contributed by atoms with Gasteiger partial charge in [-0.3, -0.25) is 10.6 Å². The Morgan fingerprint density at radius 1 is 0.636 bits per heavy atom. The number of hydrogen-bond acceptors (Lipinski definition) is 4. The van der Waals surface area contributed by atoms with Crippen molar-refractivity contribution in [2.75, 3.05) is 0 Å². The Morgan fingerprint density at radius 2 is 0.818 bits per heavy atom. The van der Waals surface area contributed by atoms with Gasteiger partial charge in [-0.25, -0.2) is 0 Å². The topological polar surface area (TPSA) is 123 Å². The van der Waals surface area contributed by atoms with Crippen molar-refractivity contribution in [2.24, 2.45) is 0 Å². The van der Waals surface area contributed by atoms with Gasteiger partial charge in [0.05, 0.1) is 0 Å². The maximum Gasteiger partial charge on any atom is 2.00 e. The van der Waals surface area contributed by atoms with E-state index in [0.717, 1.165) is 0 Å². The molecule has 0 radical (unpaired) electrons. The molecule has 48 valence electrons. The van der Waals surface area contributed by atoms with Gasteiger partial charge in [0.25, 0.3) is 0 Å². The van der Waals surface area contributed by atoms with Crippen LogP contribution in [0, 0.1) is 45.8 Å². The molecule has 0 aliphatic heterocycles. The van der Waals surface area contributed by atoms with Crippen molar-refractivity contribution in [3.8, 4) is 24.8 Å². The van der Waals surface area contributed by atoms with Crippen LogP contribution in [0.5, 0.6) is 0 Å². The van der Waals surface area contributed by atoms with Crippen molar-refractivity contribution in [1.29, 1.82) is 21.0 Å². The van der Waals surface area contributed by atoms with Gasteiger partial charge in [0, 0.05) is 24.8 Å². The third kappa shape index (κ3) is 65.6. The standard InChI is InChI=1S/2C2N3.Zn/c2*3-1-5-2-4;/q2*-1;+2. The molecule has 6 nitrogen and oxygen atoms in total. The minimum atomic E-state index is 0. The Labute approximate surface area is 76.4 Å². The van der Waals surface area contributed by atoms with E-state index in [4.69, 9.17) is 21.0 Å². The van der Waals surface area contributed by atoms with Gasteiger partial charge in [0.15, 0.2) is 0 Å². The summed E-state index contributed by atoms with van der Waals surface area (Å²) in [6.45, 7) is 0. The molecule has 0 bridgehead atoms. The minimum Gasteiger partial charge on any atom is -0.385 e. The molecule has 0 heterocycles. The van der Waals surface area contributed by atoms with Crippen LogP contribution in [0.25, 0.3) is 10.6 Å². The van der Waals surface area contributed by atoms with E-state index in [2.05, 4.69) is 10.6 Å². The summed E-state index contributed by atoms with van der Waals surface area (Å²) in [5, 5.41) is 34.9. The van der Waals surface area contributed by atoms with Crippen LogP contribution >= 0.6 is 0 Å². The van der Waals surface area contributed by atoms with E-state index in [0.29, 0.717) is 0 Å². The minimum absolute atomic E-state index is 0. The smallest absolute Gasteiger partial charge is 0.385 e. The zero-order chi connectivity index (χ0) is 8.24. The molecule has 0 aromatic rings. The van der Waals surface area contributed by atoms with Crippen molar-refractivity contribution < 1.29 is 19.5 Å². The van der Waals surface area contributed by atoms with Crippen LogP contribution in [0.2, 0.25) is 0 Å². The van der Waals surface area contributed by atoms with Crippen molar-refractivity contribution in [3.05, 3.63) is 10.6 Å². The average Bonchev–Trinajstić information content (AvgIpc) is 1.93. The fourth-order valence-corrected chi connectivity index (χ4v) is 0.0447. The molecule has 0 aliphatic rings. The molecule has 0 aromatic carbocycles. The molecule has 0 amide bonds.